The van der Waals surface area contributed by atoms with Gasteiger partial charge in [-0.15, -0.1) is 0 Å². The highest BCUT2D eigenvalue weighted by Gasteiger charge is 2.39. The molecule has 0 aliphatic carbocycles. The molecule has 0 aromatic heterocycles. The minimum Gasteiger partial charge on any atom is -0.378 e. The Bertz CT molecular complexity index is 969. The van der Waals surface area contributed by atoms with Crippen LogP contribution in [0.2, 0.25) is 0 Å². The second kappa shape index (κ2) is 12.3. The number of anilines is 1. The molecule has 1 saturated heterocycles. The van der Waals surface area contributed by atoms with Crippen molar-refractivity contribution in [3.63, 3.8) is 0 Å². The second-order valence-electron chi connectivity index (χ2n) is 9.46. The lowest BCUT2D eigenvalue weighted by molar-refractivity contribution is 0.0303. The molecule has 35 heavy (non-hydrogen) atoms. The maximum atomic E-state index is 13.8. The summed E-state index contributed by atoms with van der Waals surface area (Å²) in [7, 11) is 7.93. The first kappa shape index (κ1) is 26.9. The Labute approximate surface area is 210 Å². The molecule has 3 rings (SSSR count). The molecule has 7 nitrogen and oxygen atoms in total. The first-order chi connectivity index (χ1) is 16.8. The number of carbonyl (C=O) groups is 2. The Kier molecular flexibility index (Phi) is 9.43. The third-order valence-corrected chi connectivity index (χ3v) is 7.13. The zero-order valence-corrected chi connectivity index (χ0v) is 21.8. The van der Waals surface area contributed by atoms with Gasteiger partial charge in [-0.3, -0.25) is 14.5 Å². The van der Waals surface area contributed by atoms with Gasteiger partial charge >= 0.3 is 0 Å². The molecule has 1 heterocycles. The number of amides is 1. The van der Waals surface area contributed by atoms with Crippen molar-refractivity contribution in [3.05, 3.63) is 65.2 Å². The van der Waals surface area contributed by atoms with E-state index in [9.17, 15) is 9.59 Å². The SMILES string of the molecule is CCC(Cc1ccc(C(=O)N2CCOCC2)cc1)(C(=O)c1ccc(N(C)CCNC)cc1)N(C)C. The Balaban J connectivity index is 1.77. The van der Waals surface area contributed by atoms with Crippen LogP contribution in [-0.4, -0.2) is 94.6 Å². The fourth-order valence-electron chi connectivity index (χ4n) is 4.64. The number of ether oxygens (including phenoxy) is 1. The Morgan fingerprint density at radius 2 is 1.57 bits per heavy atom. The molecule has 1 atom stereocenters. The van der Waals surface area contributed by atoms with Crippen LogP contribution in [0.4, 0.5) is 5.69 Å². The van der Waals surface area contributed by atoms with Crippen molar-refractivity contribution in [1.82, 2.24) is 15.1 Å². The number of hydrogen-bond donors (Lipinski definition) is 1. The number of nitrogens with one attached hydrogen (secondary N) is 1. The average Bonchev–Trinajstić information content (AvgIpc) is 2.90. The smallest absolute Gasteiger partial charge is 0.254 e. The first-order valence-electron chi connectivity index (χ1n) is 12.5. The second-order valence-corrected chi connectivity index (χ2v) is 9.46. The van der Waals surface area contributed by atoms with E-state index < -0.39 is 5.54 Å². The zero-order chi connectivity index (χ0) is 25.4. The van der Waals surface area contributed by atoms with Gasteiger partial charge in [-0.25, -0.2) is 0 Å². The van der Waals surface area contributed by atoms with Gasteiger partial charge < -0.3 is 19.9 Å². The molecule has 1 unspecified atom stereocenters. The first-order valence-corrected chi connectivity index (χ1v) is 12.5. The third kappa shape index (κ3) is 6.28. The van der Waals surface area contributed by atoms with Gasteiger partial charge in [-0.05, 0) is 75.9 Å². The predicted octanol–water partition coefficient (Wildman–Crippen LogP) is 2.95. The summed E-state index contributed by atoms with van der Waals surface area (Å²) in [6, 6.07) is 15.6. The van der Waals surface area contributed by atoms with Crippen LogP contribution in [0.25, 0.3) is 0 Å². The number of carbonyl (C=O) groups excluding carboxylic acids is 2. The van der Waals surface area contributed by atoms with Crippen LogP contribution >= 0.6 is 0 Å². The van der Waals surface area contributed by atoms with Crippen molar-refractivity contribution in [2.45, 2.75) is 25.3 Å². The third-order valence-electron chi connectivity index (χ3n) is 7.13. The average molecular weight is 481 g/mol. The largest absolute Gasteiger partial charge is 0.378 e. The number of likely N-dealkylation sites (N-methyl/N-ethyl adjacent to an activating group) is 3. The maximum Gasteiger partial charge on any atom is 0.254 e. The lowest BCUT2D eigenvalue weighted by Gasteiger charge is -2.38. The minimum atomic E-state index is -0.671. The highest BCUT2D eigenvalue weighted by Crippen LogP contribution is 2.29. The van der Waals surface area contributed by atoms with Crippen LogP contribution in [0.5, 0.6) is 0 Å². The van der Waals surface area contributed by atoms with E-state index >= 15 is 0 Å². The Hall–Kier alpha value is -2.74. The summed E-state index contributed by atoms with van der Waals surface area (Å²) in [4.78, 5) is 32.7. The van der Waals surface area contributed by atoms with Crippen molar-refractivity contribution in [3.8, 4) is 0 Å². The zero-order valence-electron chi connectivity index (χ0n) is 21.8. The number of ketones is 1. The molecule has 1 fully saturated rings. The summed E-state index contributed by atoms with van der Waals surface area (Å²) in [6.07, 6.45) is 1.25. The maximum absolute atomic E-state index is 13.8. The summed E-state index contributed by atoms with van der Waals surface area (Å²) in [5.74, 6) is 0.146. The molecule has 1 aliphatic rings. The number of benzene rings is 2. The lowest BCUT2D eigenvalue weighted by atomic mass is 9.80. The van der Waals surface area contributed by atoms with Crippen LogP contribution in [0.15, 0.2) is 48.5 Å². The Morgan fingerprint density at radius 1 is 0.971 bits per heavy atom. The van der Waals surface area contributed by atoms with Crippen molar-refractivity contribution >= 4 is 17.4 Å². The van der Waals surface area contributed by atoms with E-state index in [1.54, 1.807) is 0 Å². The van der Waals surface area contributed by atoms with E-state index in [0.717, 1.165) is 24.3 Å². The molecule has 1 N–H and O–H groups in total. The van der Waals surface area contributed by atoms with E-state index in [0.29, 0.717) is 50.3 Å². The molecule has 190 valence electrons. The summed E-state index contributed by atoms with van der Waals surface area (Å²) in [5, 5.41) is 3.16. The molecule has 2 aromatic rings. The highest BCUT2D eigenvalue weighted by molar-refractivity contribution is 6.03. The molecule has 0 saturated carbocycles. The molecule has 0 radical (unpaired) electrons. The van der Waals surface area contributed by atoms with E-state index in [1.165, 1.54) is 0 Å². The van der Waals surface area contributed by atoms with Gasteiger partial charge in [-0.2, -0.15) is 0 Å². The number of rotatable bonds is 11. The molecular weight excluding hydrogens is 440 g/mol. The molecule has 7 heteroatoms. The highest BCUT2D eigenvalue weighted by atomic mass is 16.5. The van der Waals surface area contributed by atoms with Gasteiger partial charge in [0.05, 0.1) is 18.8 Å². The number of nitrogens with zero attached hydrogens (tertiary/aromatic N) is 3. The predicted molar refractivity (Wildman–Crippen MR) is 142 cm³/mol. The molecule has 0 bridgehead atoms. The van der Waals surface area contributed by atoms with Crippen LogP contribution in [0.3, 0.4) is 0 Å². The van der Waals surface area contributed by atoms with Gasteiger partial charge in [-0.1, -0.05) is 19.1 Å². The van der Waals surface area contributed by atoms with Gasteiger partial charge in [0.25, 0.3) is 5.91 Å². The lowest BCUT2D eigenvalue weighted by Crippen LogP contribution is -2.52. The quantitative estimate of drug-likeness (QED) is 0.499. The van der Waals surface area contributed by atoms with Crippen LogP contribution in [0, 0.1) is 0 Å². The summed E-state index contributed by atoms with van der Waals surface area (Å²) >= 11 is 0. The summed E-state index contributed by atoms with van der Waals surface area (Å²) in [6.45, 7) is 6.27. The topological polar surface area (TPSA) is 65.1 Å². The summed E-state index contributed by atoms with van der Waals surface area (Å²) in [5.41, 5.74) is 2.84. The molecule has 2 aromatic carbocycles. The Morgan fingerprint density at radius 3 is 2.11 bits per heavy atom. The standard InChI is InChI=1S/C28H40N4O3/c1-6-28(30(3)4,26(33)23-11-13-25(14-12-23)31(5)16-15-29-2)21-22-7-9-24(10-8-22)27(34)32-17-19-35-20-18-32/h7-14,29H,6,15-21H2,1-5H3. The van der Waals surface area contributed by atoms with E-state index in [-0.39, 0.29) is 11.7 Å². The molecule has 0 spiro atoms. The van der Waals surface area contributed by atoms with E-state index in [2.05, 4.69) is 24.2 Å². The van der Waals surface area contributed by atoms with E-state index in [4.69, 9.17) is 4.74 Å². The fraction of sp³-hybridized carbons (Fsp3) is 0.500. The van der Waals surface area contributed by atoms with Crippen molar-refractivity contribution in [2.75, 3.05) is 72.5 Å². The minimum absolute atomic E-state index is 0.0325. The van der Waals surface area contributed by atoms with Crippen molar-refractivity contribution in [1.29, 1.82) is 0 Å². The molecule has 1 amide bonds. The summed E-state index contributed by atoms with van der Waals surface area (Å²) < 4.78 is 5.35. The van der Waals surface area contributed by atoms with Crippen LogP contribution in [-0.2, 0) is 11.2 Å². The van der Waals surface area contributed by atoms with Crippen molar-refractivity contribution in [2.24, 2.45) is 0 Å². The number of hydrogen-bond acceptors (Lipinski definition) is 6. The number of Topliss-reactive ketones (excluding diaryl/α,β-unsaturated/α-hetero) is 1. The van der Waals surface area contributed by atoms with Crippen LogP contribution in [0.1, 0.15) is 39.6 Å². The molecule has 1 aliphatic heterocycles. The van der Waals surface area contributed by atoms with Gasteiger partial charge in [0.2, 0.25) is 0 Å². The fourth-order valence-corrected chi connectivity index (χ4v) is 4.64. The molecular formula is C28H40N4O3. The van der Waals surface area contributed by atoms with Crippen molar-refractivity contribution < 1.29 is 14.3 Å². The number of morpholine rings is 1. The van der Waals surface area contributed by atoms with Crippen LogP contribution < -0.4 is 10.2 Å². The van der Waals surface area contributed by atoms with Gasteiger partial charge in [0.1, 0.15) is 0 Å². The monoisotopic (exact) mass is 480 g/mol. The van der Waals surface area contributed by atoms with Gasteiger partial charge in [0.15, 0.2) is 5.78 Å². The van der Waals surface area contributed by atoms with Gasteiger partial charge in [0, 0.05) is 50.0 Å². The normalized spacial score (nSPS) is 15.7. The van der Waals surface area contributed by atoms with E-state index in [1.807, 2.05) is 79.5 Å².